The number of nitrogens with one attached hydrogen (secondary N) is 1. The van der Waals surface area contributed by atoms with Crippen LogP contribution in [0.25, 0.3) is 11.4 Å². The number of thioether (sulfide) groups is 1. The minimum absolute atomic E-state index is 0.144. The molecule has 8 nitrogen and oxygen atoms in total. The average molecular weight is 448 g/mol. The van der Waals surface area contributed by atoms with Crippen LogP contribution in [-0.4, -0.2) is 32.3 Å². The summed E-state index contributed by atoms with van der Waals surface area (Å²) < 4.78 is 6.67. The molecule has 4 rings (SSSR count). The molecule has 0 aliphatic heterocycles. The maximum Gasteiger partial charge on any atom is 0.225 e. The quantitative estimate of drug-likeness (QED) is 0.239. The summed E-state index contributed by atoms with van der Waals surface area (Å²) in [5.74, 6) is 7.39. The fourth-order valence-electron chi connectivity index (χ4n) is 3.16. The summed E-state index contributed by atoms with van der Waals surface area (Å²) in [6.45, 7) is 1.82. The summed E-state index contributed by atoms with van der Waals surface area (Å²) in [7, 11) is 0. The molecule has 0 aliphatic carbocycles. The van der Waals surface area contributed by atoms with Gasteiger partial charge in [-0.2, -0.15) is 0 Å². The predicted molar refractivity (Wildman–Crippen MR) is 123 cm³/mol. The van der Waals surface area contributed by atoms with Gasteiger partial charge in [0.25, 0.3) is 0 Å². The number of ketones is 1. The third-order valence-electron chi connectivity index (χ3n) is 4.81. The molecule has 2 aromatic carbocycles. The number of hydrogen-bond donors (Lipinski definition) is 2. The lowest BCUT2D eigenvalue weighted by Crippen LogP contribution is -2.16. The molecule has 0 atom stereocenters. The van der Waals surface area contributed by atoms with Crippen molar-refractivity contribution in [2.45, 2.75) is 18.5 Å². The Labute approximate surface area is 188 Å². The van der Waals surface area contributed by atoms with Gasteiger partial charge in [-0.1, -0.05) is 54.2 Å². The number of nitrogens with two attached hydrogens (primary N) is 1. The van der Waals surface area contributed by atoms with E-state index in [0.717, 1.165) is 5.56 Å². The normalized spacial score (nSPS) is 10.8. The van der Waals surface area contributed by atoms with E-state index in [1.807, 2.05) is 13.0 Å². The van der Waals surface area contributed by atoms with Crippen LogP contribution < -0.4 is 11.2 Å². The Kier molecular flexibility index (Phi) is 6.37. The van der Waals surface area contributed by atoms with Gasteiger partial charge < -0.3 is 15.6 Å². The lowest BCUT2D eigenvalue weighted by molar-refractivity contribution is -0.115. The number of aromatic nitrogens is 3. The Morgan fingerprint density at radius 2 is 1.81 bits per heavy atom. The first-order chi connectivity index (χ1) is 15.5. The lowest BCUT2D eigenvalue weighted by Gasteiger charge is -2.10. The molecular formula is C23H21N5O3S. The fourth-order valence-corrected chi connectivity index (χ4v) is 3.95. The molecule has 0 unspecified atom stereocenters. The Bertz CT molecular complexity index is 1250. The highest BCUT2D eigenvalue weighted by Crippen LogP contribution is 2.25. The number of rotatable bonds is 8. The maximum atomic E-state index is 12.8. The van der Waals surface area contributed by atoms with Crippen LogP contribution in [0, 0.1) is 6.92 Å². The molecule has 0 fully saturated rings. The first kappa shape index (κ1) is 21.4. The van der Waals surface area contributed by atoms with Crippen LogP contribution in [-0.2, 0) is 4.79 Å². The van der Waals surface area contributed by atoms with E-state index in [1.54, 1.807) is 60.9 Å². The summed E-state index contributed by atoms with van der Waals surface area (Å²) >= 11 is 1.32. The number of amides is 1. The fraction of sp³-hybridized carbons (Fsp3) is 0.130. The molecule has 162 valence electrons. The zero-order valence-corrected chi connectivity index (χ0v) is 18.1. The molecule has 0 bridgehead atoms. The van der Waals surface area contributed by atoms with E-state index in [4.69, 9.17) is 10.3 Å². The second-order valence-corrected chi connectivity index (χ2v) is 8.02. The van der Waals surface area contributed by atoms with Crippen molar-refractivity contribution in [3.8, 4) is 11.4 Å². The number of nitrogen functional groups attached to an aromatic ring is 1. The van der Waals surface area contributed by atoms with Gasteiger partial charge in [-0.25, -0.2) is 4.68 Å². The van der Waals surface area contributed by atoms with Gasteiger partial charge >= 0.3 is 0 Å². The van der Waals surface area contributed by atoms with Crippen molar-refractivity contribution in [2.75, 3.05) is 16.9 Å². The van der Waals surface area contributed by atoms with Crippen molar-refractivity contribution in [3.63, 3.8) is 0 Å². The van der Waals surface area contributed by atoms with Crippen molar-refractivity contribution in [2.24, 2.45) is 0 Å². The monoisotopic (exact) mass is 447 g/mol. The van der Waals surface area contributed by atoms with Crippen molar-refractivity contribution >= 4 is 29.1 Å². The minimum atomic E-state index is -0.209. The van der Waals surface area contributed by atoms with Gasteiger partial charge in [0.2, 0.25) is 11.1 Å². The molecule has 3 N–H and O–H groups in total. The topological polar surface area (TPSA) is 116 Å². The van der Waals surface area contributed by atoms with E-state index in [1.165, 1.54) is 16.4 Å². The third-order valence-corrected chi connectivity index (χ3v) is 5.75. The van der Waals surface area contributed by atoms with Crippen LogP contribution >= 0.6 is 11.8 Å². The molecule has 32 heavy (non-hydrogen) atoms. The summed E-state index contributed by atoms with van der Waals surface area (Å²) in [4.78, 5) is 25.3. The Balaban J connectivity index is 1.37. The molecule has 0 radical (unpaired) electrons. The Morgan fingerprint density at radius 3 is 2.56 bits per heavy atom. The number of carbonyl (C=O) groups is 2. The molecule has 4 aromatic rings. The number of nitrogens with zero attached hydrogens (tertiary/aromatic N) is 3. The SMILES string of the molecule is Cc1occc1-c1nnc(SCCC(=O)Nc2ccccc2C(=O)c2ccccc2)n1N. The highest BCUT2D eigenvalue weighted by molar-refractivity contribution is 7.99. The van der Waals surface area contributed by atoms with Crippen LogP contribution in [0.2, 0.25) is 0 Å². The van der Waals surface area contributed by atoms with E-state index in [-0.39, 0.29) is 18.1 Å². The van der Waals surface area contributed by atoms with Crippen LogP contribution in [0.4, 0.5) is 5.69 Å². The van der Waals surface area contributed by atoms with Gasteiger partial charge in [-0.15, -0.1) is 10.2 Å². The number of aryl methyl sites for hydroxylation is 1. The molecular weight excluding hydrogens is 426 g/mol. The van der Waals surface area contributed by atoms with Crippen molar-refractivity contribution in [3.05, 3.63) is 83.8 Å². The van der Waals surface area contributed by atoms with Gasteiger partial charge in [-0.3, -0.25) is 9.59 Å². The number of hydrogen-bond acceptors (Lipinski definition) is 7. The number of benzene rings is 2. The molecule has 9 heteroatoms. The van der Waals surface area contributed by atoms with Crippen LogP contribution in [0.1, 0.15) is 28.1 Å². The zero-order chi connectivity index (χ0) is 22.5. The van der Waals surface area contributed by atoms with Gasteiger partial charge in [0.05, 0.1) is 17.5 Å². The second kappa shape index (κ2) is 9.52. The largest absolute Gasteiger partial charge is 0.469 e. The third kappa shape index (κ3) is 4.57. The van der Waals surface area contributed by atoms with Crippen molar-refractivity contribution in [1.82, 2.24) is 14.9 Å². The number of carbonyl (C=O) groups excluding carboxylic acids is 2. The molecule has 0 aliphatic rings. The van der Waals surface area contributed by atoms with Gasteiger partial charge in [0, 0.05) is 23.3 Å². The summed E-state index contributed by atoms with van der Waals surface area (Å²) in [6.07, 6.45) is 1.78. The van der Waals surface area contributed by atoms with E-state index in [0.29, 0.717) is 39.3 Å². The van der Waals surface area contributed by atoms with E-state index in [2.05, 4.69) is 15.5 Å². The van der Waals surface area contributed by atoms with Crippen LogP contribution in [0.5, 0.6) is 0 Å². The smallest absolute Gasteiger partial charge is 0.225 e. The van der Waals surface area contributed by atoms with E-state index < -0.39 is 0 Å². The summed E-state index contributed by atoms with van der Waals surface area (Å²) in [5.41, 5.74) is 2.26. The molecule has 1 amide bonds. The van der Waals surface area contributed by atoms with E-state index in [9.17, 15) is 9.59 Å². The van der Waals surface area contributed by atoms with Crippen LogP contribution in [0.3, 0.4) is 0 Å². The highest BCUT2D eigenvalue weighted by atomic mass is 32.2. The van der Waals surface area contributed by atoms with E-state index >= 15 is 0 Å². The van der Waals surface area contributed by atoms with Crippen molar-refractivity contribution < 1.29 is 14.0 Å². The highest BCUT2D eigenvalue weighted by Gasteiger charge is 2.17. The molecule has 2 heterocycles. The molecule has 0 saturated carbocycles. The van der Waals surface area contributed by atoms with Gasteiger partial charge in [0.1, 0.15) is 5.76 Å². The Hall–Kier alpha value is -3.85. The molecule has 0 spiro atoms. The zero-order valence-electron chi connectivity index (χ0n) is 17.3. The van der Waals surface area contributed by atoms with Crippen LogP contribution in [0.15, 0.2) is 76.5 Å². The van der Waals surface area contributed by atoms with Gasteiger partial charge in [-0.05, 0) is 25.1 Å². The first-order valence-electron chi connectivity index (χ1n) is 9.91. The second-order valence-electron chi connectivity index (χ2n) is 6.95. The standard InChI is InChI=1S/C23H21N5O3S/c1-15-17(11-13-31-15)22-26-27-23(28(22)24)32-14-12-20(29)25-19-10-6-5-9-18(19)21(30)16-7-3-2-4-8-16/h2-11,13H,12,14,24H2,1H3,(H,25,29). The summed E-state index contributed by atoms with van der Waals surface area (Å²) in [5, 5.41) is 11.5. The maximum absolute atomic E-state index is 12.8. The Morgan fingerprint density at radius 1 is 1.06 bits per heavy atom. The first-order valence-corrected chi connectivity index (χ1v) is 10.9. The minimum Gasteiger partial charge on any atom is -0.469 e. The number of para-hydroxylation sites is 1. The predicted octanol–water partition coefficient (Wildman–Crippen LogP) is 3.91. The average Bonchev–Trinajstić information content (AvgIpc) is 3.39. The number of anilines is 1. The lowest BCUT2D eigenvalue weighted by atomic mass is 10.0. The molecule has 2 aromatic heterocycles. The van der Waals surface area contributed by atoms with Crippen molar-refractivity contribution in [1.29, 1.82) is 0 Å². The summed E-state index contributed by atoms with van der Waals surface area (Å²) in [6, 6.07) is 17.7. The number of furan rings is 1. The molecule has 0 saturated heterocycles. The van der Waals surface area contributed by atoms with Gasteiger partial charge in [0.15, 0.2) is 11.6 Å².